The number of carbonyl (C=O) groups is 1. The molecule has 0 bridgehead atoms. The van der Waals surface area contributed by atoms with E-state index >= 15 is 0 Å². The predicted octanol–water partition coefficient (Wildman–Crippen LogP) is 4.32. The summed E-state index contributed by atoms with van der Waals surface area (Å²) in [6.45, 7) is 3.94. The standard InChI is InChI=1S/C21H21NO2/c1-3-16(4-5-17-6-8-19(15-22)9-7-17)14-18-10-12-20(13-11-18)21(23)24-2/h3,6-13,16H,1,4-5,14H2,2H3. The number of esters is 1. The van der Waals surface area contributed by atoms with Gasteiger partial charge in [-0.3, -0.25) is 0 Å². The van der Waals surface area contributed by atoms with Crippen LogP contribution < -0.4 is 0 Å². The molecule has 0 fully saturated rings. The molecule has 2 rings (SSSR count). The average molecular weight is 319 g/mol. The lowest BCUT2D eigenvalue weighted by Crippen LogP contribution is -2.05. The number of rotatable bonds is 7. The van der Waals surface area contributed by atoms with Crippen LogP contribution in [0.25, 0.3) is 0 Å². The lowest BCUT2D eigenvalue weighted by molar-refractivity contribution is 0.0600. The van der Waals surface area contributed by atoms with Crippen molar-refractivity contribution >= 4 is 5.97 Å². The summed E-state index contributed by atoms with van der Waals surface area (Å²) < 4.78 is 4.71. The normalized spacial score (nSPS) is 11.3. The Bertz CT molecular complexity index is 724. The van der Waals surface area contributed by atoms with E-state index in [9.17, 15) is 4.79 Å². The molecule has 2 aromatic rings. The van der Waals surface area contributed by atoms with E-state index in [0.29, 0.717) is 17.0 Å². The largest absolute Gasteiger partial charge is 0.465 e. The Morgan fingerprint density at radius 1 is 1.17 bits per heavy atom. The lowest BCUT2D eigenvalue weighted by Gasteiger charge is -2.13. The molecular formula is C21H21NO2. The lowest BCUT2D eigenvalue weighted by atomic mass is 9.92. The third kappa shape index (κ3) is 4.82. The van der Waals surface area contributed by atoms with Crippen LogP contribution in [0.5, 0.6) is 0 Å². The van der Waals surface area contributed by atoms with E-state index in [1.54, 1.807) is 12.1 Å². The molecule has 24 heavy (non-hydrogen) atoms. The fourth-order valence-electron chi connectivity index (χ4n) is 2.60. The van der Waals surface area contributed by atoms with Crippen molar-refractivity contribution in [1.82, 2.24) is 0 Å². The summed E-state index contributed by atoms with van der Waals surface area (Å²) in [5, 5.41) is 8.83. The van der Waals surface area contributed by atoms with Gasteiger partial charge in [-0.25, -0.2) is 4.79 Å². The van der Waals surface area contributed by atoms with Gasteiger partial charge >= 0.3 is 5.97 Å². The first-order valence-electron chi connectivity index (χ1n) is 7.95. The van der Waals surface area contributed by atoms with Crippen LogP contribution in [0.1, 0.15) is 33.5 Å². The van der Waals surface area contributed by atoms with Crippen molar-refractivity contribution in [2.75, 3.05) is 7.11 Å². The molecule has 0 N–H and O–H groups in total. The van der Waals surface area contributed by atoms with Crippen molar-refractivity contribution in [3.05, 3.63) is 83.4 Å². The fourth-order valence-corrected chi connectivity index (χ4v) is 2.60. The Morgan fingerprint density at radius 3 is 2.33 bits per heavy atom. The van der Waals surface area contributed by atoms with Crippen LogP contribution >= 0.6 is 0 Å². The molecule has 122 valence electrons. The number of nitrogens with zero attached hydrogens (tertiary/aromatic N) is 1. The molecule has 0 saturated carbocycles. The van der Waals surface area contributed by atoms with Crippen molar-refractivity contribution in [1.29, 1.82) is 5.26 Å². The summed E-state index contributed by atoms with van der Waals surface area (Å²) in [4.78, 5) is 11.4. The van der Waals surface area contributed by atoms with Gasteiger partial charge in [0.05, 0.1) is 24.3 Å². The molecule has 0 aliphatic rings. The van der Waals surface area contributed by atoms with Gasteiger partial charge in [-0.05, 0) is 60.6 Å². The Balaban J connectivity index is 1.92. The van der Waals surface area contributed by atoms with Gasteiger partial charge in [-0.1, -0.05) is 30.3 Å². The van der Waals surface area contributed by atoms with Crippen molar-refractivity contribution in [2.24, 2.45) is 5.92 Å². The van der Waals surface area contributed by atoms with E-state index in [1.807, 2.05) is 42.5 Å². The number of benzene rings is 2. The van der Waals surface area contributed by atoms with Crippen LogP contribution in [-0.2, 0) is 17.6 Å². The second kappa shape index (κ2) is 8.69. The zero-order valence-corrected chi connectivity index (χ0v) is 13.9. The van der Waals surface area contributed by atoms with Gasteiger partial charge in [0.15, 0.2) is 0 Å². The van der Waals surface area contributed by atoms with Crippen LogP contribution in [0.3, 0.4) is 0 Å². The molecule has 0 aliphatic carbocycles. The Hall–Kier alpha value is -2.86. The monoisotopic (exact) mass is 319 g/mol. The number of aryl methyl sites for hydroxylation is 1. The molecule has 1 unspecified atom stereocenters. The fraction of sp³-hybridized carbons (Fsp3) is 0.238. The highest BCUT2D eigenvalue weighted by Gasteiger charge is 2.09. The van der Waals surface area contributed by atoms with Crippen molar-refractivity contribution in [3.63, 3.8) is 0 Å². The molecule has 3 heteroatoms. The number of allylic oxidation sites excluding steroid dienone is 1. The Kier molecular flexibility index (Phi) is 6.33. The van der Waals surface area contributed by atoms with Crippen molar-refractivity contribution in [3.8, 4) is 6.07 Å². The molecule has 0 aliphatic heterocycles. The van der Waals surface area contributed by atoms with E-state index in [2.05, 4.69) is 12.6 Å². The minimum Gasteiger partial charge on any atom is -0.465 e. The number of methoxy groups -OCH3 is 1. The second-order valence-electron chi connectivity index (χ2n) is 5.74. The maximum Gasteiger partial charge on any atom is 0.337 e. The van der Waals surface area contributed by atoms with Gasteiger partial charge in [0.25, 0.3) is 0 Å². The molecular weight excluding hydrogens is 298 g/mol. The molecule has 0 saturated heterocycles. The van der Waals surface area contributed by atoms with Gasteiger partial charge in [-0.15, -0.1) is 6.58 Å². The molecule has 0 heterocycles. The molecule has 1 atom stereocenters. The van der Waals surface area contributed by atoms with Gasteiger partial charge in [0.1, 0.15) is 0 Å². The summed E-state index contributed by atoms with van der Waals surface area (Å²) >= 11 is 0. The Labute approximate surface area is 143 Å². The molecule has 0 radical (unpaired) electrons. The van der Waals surface area contributed by atoms with Gasteiger partial charge in [0.2, 0.25) is 0 Å². The zero-order chi connectivity index (χ0) is 17.4. The third-order valence-electron chi connectivity index (χ3n) is 4.09. The highest BCUT2D eigenvalue weighted by atomic mass is 16.5. The molecule has 0 spiro atoms. The van der Waals surface area contributed by atoms with Crippen molar-refractivity contribution in [2.45, 2.75) is 19.3 Å². The number of hydrogen-bond donors (Lipinski definition) is 0. The highest BCUT2D eigenvalue weighted by molar-refractivity contribution is 5.89. The summed E-state index contributed by atoms with van der Waals surface area (Å²) in [6.07, 6.45) is 4.82. The minimum absolute atomic E-state index is 0.317. The average Bonchev–Trinajstić information content (AvgIpc) is 2.65. The molecule has 0 amide bonds. The Morgan fingerprint density at radius 2 is 1.79 bits per heavy atom. The molecule has 2 aromatic carbocycles. The first-order chi connectivity index (χ1) is 11.7. The van der Waals surface area contributed by atoms with Gasteiger partial charge in [0, 0.05) is 0 Å². The zero-order valence-electron chi connectivity index (χ0n) is 13.9. The van der Waals surface area contributed by atoms with E-state index in [4.69, 9.17) is 10.00 Å². The molecule has 3 nitrogen and oxygen atoms in total. The highest BCUT2D eigenvalue weighted by Crippen LogP contribution is 2.18. The smallest absolute Gasteiger partial charge is 0.337 e. The second-order valence-corrected chi connectivity index (χ2v) is 5.74. The maximum absolute atomic E-state index is 11.4. The van der Waals surface area contributed by atoms with Crippen LogP contribution in [0.15, 0.2) is 61.2 Å². The number of carbonyl (C=O) groups excluding carboxylic acids is 1. The van der Waals surface area contributed by atoms with E-state index in [0.717, 1.165) is 19.3 Å². The summed E-state index contributed by atoms with van der Waals surface area (Å²) in [5.41, 5.74) is 3.65. The van der Waals surface area contributed by atoms with Crippen LogP contribution in [0.4, 0.5) is 0 Å². The SMILES string of the molecule is C=CC(CCc1ccc(C#N)cc1)Cc1ccc(C(=O)OC)cc1. The maximum atomic E-state index is 11.4. The number of hydrogen-bond acceptors (Lipinski definition) is 3. The third-order valence-corrected chi connectivity index (χ3v) is 4.09. The van der Waals surface area contributed by atoms with Crippen LogP contribution in [0, 0.1) is 17.2 Å². The van der Waals surface area contributed by atoms with Crippen LogP contribution in [0.2, 0.25) is 0 Å². The number of nitriles is 1. The summed E-state index contributed by atoms with van der Waals surface area (Å²) in [7, 11) is 1.38. The van der Waals surface area contributed by atoms with Crippen molar-refractivity contribution < 1.29 is 9.53 Å². The van der Waals surface area contributed by atoms with Gasteiger partial charge in [-0.2, -0.15) is 5.26 Å². The first kappa shape index (κ1) is 17.5. The van der Waals surface area contributed by atoms with Crippen LogP contribution in [-0.4, -0.2) is 13.1 Å². The minimum atomic E-state index is -0.317. The summed E-state index contributed by atoms with van der Waals surface area (Å²) in [5.74, 6) is 0.0484. The number of ether oxygens (including phenoxy) is 1. The summed E-state index contributed by atoms with van der Waals surface area (Å²) in [6, 6.07) is 17.4. The van der Waals surface area contributed by atoms with Gasteiger partial charge < -0.3 is 4.74 Å². The van der Waals surface area contributed by atoms with E-state index in [1.165, 1.54) is 18.2 Å². The predicted molar refractivity (Wildman–Crippen MR) is 94.7 cm³/mol. The van der Waals surface area contributed by atoms with E-state index in [-0.39, 0.29) is 5.97 Å². The first-order valence-corrected chi connectivity index (χ1v) is 7.95. The quantitative estimate of drug-likeness (QED) is 0.564. The topological polar surface area (TPSA) is 50.1 Å². The van der Waals surface area contributed by atoms with E-state index < -0.39 is 0 Å². The molecule has 0 aromatic heterocycles.